The molecule has 4 atom stereocenters. The summed E-state index contributed by atoms with van der Waals surface area (Å²) in [7, 11) is 0. The molecule has 0 radical (unpaired) electrons. The molecular weight excluding hydrogens is 769 g/mol. The summed E-state index contributed by atoms with van der Waals surface area (Å²) in [5.41, 5.74) is -2.07. The molecule has 15 nitrogen and oxygen atoms in total. The van der Waals surface area contributed by atoms with Gasteiger partial charge in [0.05, 0.1) is 33.8 Å². The van der Waals surface area contributed by atoms with Gasteiger partial charge in [0.1, 0.15) is 11.6 Å². The Hall–Kier alpha value is -5.02. The highest BCUT2D eigenvalue weighted by Gasteiger charge is 2.45. The summed E-state index contributed by atoms with van der Waals surface area (Å²) in [4.78, 5) is 104. The second kappa shape index (κ2) is 20.8. The first kappa shape index (κ1) is 45.4. The first-order chi connectivity index (χ1) is 26.4. The van der Waals surface area contributed by atoms with Gasteiger partial charge in [-0.1, -0.05) is 100.0 Å². The van der Waals surface area contributed by atoms with Crippen LogP contribution in [0, 0.1) is 11.8 Å². The van der Waals surface area contributed by atoms with E-state index in [0.29, 0.717) is 24.8 Å². The third-order valence-electron chi connectivity index (χ3n) is 9.66. The number of amides is 5. The van der Waals surface area contributed by atoms with E-state index in [2.05, 4.69) is 26.6 Å². The van der Waals surface area contributed by atoms with E-state index in [1.165, 1.54) is 19.1 Å². The van der Waals surface area contributed by atoms with Crippen LogP contribution in [-0.4, -0.2) is 81.6 Å². The van der Waals surface area contributed by atoms with Crippen LogP contribution >= 0.6 is 23.2 Å². The van der Waals surface area contributed by atoms with Crippen molar-refractivity contribution in [3.05, 3.63) is 69.2 Å². The van der Waals surface area contributed by atoms with Crippen molar-refractivity contribution in [2.24, 2.45) is 11.8 Å². The lowest BCUT2D eigenvalue weighted by atomic mass is 9.74. The van der Waals surface area contributed by atoms with Gasteiger partial charge in [0.25, 0.3) is 11.8 Å². The normalized spacial score (nSPS) is 15.6. The van der Waals surface area contributed by atoms with Crippen LogP contribution in [0.25, 0.3) is 0 Å². The zero-order valence-corrected chi connectivity index (χ0v) is 33.2. The summed E-state index contributed by atoms with van der Waals surface area (Å²) in [5.74, 6) is -8.81. The van der Waals surface area contributed by atoms with Crippen molar-refractivity contribution in [2.75, 3.05) is 6.54 Å². The lowest BCUT2D eigenvalue weighted by molar-refractivity contribution is -0.142. The molecule has 0 aliphatic heterocycles. The van der Waals surface area contributed by atoms with Gasteiger partial charge in [-0.05, 0) is 62.1 Å². The summed E-state index contributed by atoms with van der Waals surface area (Å²) >= 11 is 12.2. The van der Waals surface area contributed by atoms with Gasteiger partial charge in [-0.3, -0.25) is 28.8 Å². The van der Waals surface area contributed by atoms with Crippen molar-refractivity contribution >= 4 is 70.5 Å². The highest BCUT2D eigenvalue weighted by Crippen LogP contribution is 2.34. The van der Waals surface area contributed by atoms with Gasteiger partial charge in [0, 0.05) is 0 Å². The molecule has 0 bridgehead atoms. The van der Waals surface area contributed by atoms with Gasteiger partial charge in [0.15, 0.2) is 6.04 Å². The molecule has 2 aromatic rings. The van der Waals surface area contributed by atoms with Crippen LogP contribution in [-0.2, 0) is 28.8 Å². The first-order valence-electron chi connectivity index (χ1n) is 18.4. The van der Waals surface area contributed by atoms with Gasteiger partial charge in [-0.15, -0.1) is 0 Å². The lowest BCUT2D eigenvalue weighted by Gasteiger charge is -2.40. The number of carboxylic acid groups (broad SMARTS) is 2. The molecule has 5 amide bonds. The number of hydrogen-bond acceptors (Lipinski definition) is 8. The summed E-state index contributed by atoms with van der Waals surface area (Å²) in [5, 5.41) is 31.8. The fourth-order valence-corrected chi connectivity index (χ4v) is 6.96. The fraction of sp³-hybridized carbons (Fsp3) is 0.487. The third-order valence-corrected chi connectivity index (χ3v) is 10.4. The van der Waals surface area contributed by atoms with Crippen molar-refractivity contribution < 1.29 is 48.6 Å². The Balaban J connectivity index is 1.79. The average molecular weight is 819 g/mol. The minimum absolute atomic E-state index is 0.0348. The van der Waals surface area contributed by atoms with E-state index < -0.39 is 88.9 Å². The number of ketones is 1. The van der Waals surface area contributed by atoms with E-state index in [0.717, 1.165) is 31.4 Å². The summed E-state index contributed by atoms with van der Waals surface area (Å²) < 4.78 is 0. The van der Waals surface area contributed by atoms with Crippen LogP contribution in [0.3, 0.4) is 0 Å². The number of carbonyl (C=O) groups is 8. The number of carbonyl (C=O) groups excluding carboxylic acids is 6. The molecule has 1 saturated carbocycles. The molecule has 0 saturated heterocycles. The third kappa shape index (κ3) is 12.2. The van der Waals surface area contributed by atoms with Crippen molar-refractivity contribution in [3.8, 4) is 0 Å². The second-order valence-electron chi connectivity index (χ2n) is 14.4. The Morgan fingerprint density at radius 3 is 2.00 bits per heavy atom. The van der Waals surface area contributed by atoms with E-state index in [-0.39, 0.29) is 34.4 Å². The Morgan fingerprint density at radius 1 is 0.839 bits per heavy atom. The molecule has 0 heterocycles. The Labute approximate surface area is 335 Å². The molecule has 1 aliphatic rings. The molecular formula is C39H49Cl2N5O10. The van der Waals surface area contributed by atoms with Crippen molar-refractivity contribution in [1.82, 2.24) is 26.6 Å². The van der Waals surface area contributed by atoms with Gasteiger partial charge in [0.2, 0.25) is 23.5 Å². The van der Waals surface area contributed by atoms with Crippen LogP contribution in [0.2, 0.25) is 10.0 Å². The van der Waals surface area contributed by atoms with E-state index in [9.17, 15) is 48.6 Å². The summed E-state index contributed by atoms with van der Waals surface area (Å²) in [6.07, 6.45) is 4.07. The molecule has 0 spiro atoms. The molecule has 2 aromatic carbocycles. The number of nitrogens with one attached hydrogen (secondary N) is 5. The molecule has 3 rings (SSSR count). The number of benzene rings is 2. The number of Topliss-reactive ketones (excluding diaryl/α,β-unsaturated/α-hetero) is 1. The number of rotatable bonds is 19. The SMILES string of the molecule is CCC[C@@H](NC(=O)[C@H](CC(C)C)NC(=O)[C@@](C)(NC(=O)c1cc(Cl)c(Cl)cc1C(=O)O)C1CCCCC1)C(=O)C(=O)NCC(=O)N[C@H](C(=O)O)c1ccccc1. The maximum Gasteiger partial charge on any atom is 0.336 e. The van der Waals surface area contributed by atoms with Gasteiger partial charge in [-0.25, -0.2) is 9.59 Å². The second-order valence-corrected chi connectivity index (χ2v) is 15.2. The smallest absolute Gasteiger partial charge is 0.336 e. The standard InChI is InChI=1S/C39H49Cl2N5O10/c1-5-12-28(32(48)35(51)42-20-30(47)45-31(37(54)55)22-13-8-6-9-14-22)43-34(50)29(17-21(2)3)44-38(56)39(4,23-15-10-7-11-16-23)46-33(49)24-18-26(40)27(41)19-25(24)36(52)53/h6,8-9,13-14,18-19,21,23,28-29,31H,5,7,10-12,15-17,20H2,1-4H3,(H,42,51)(H,43,50)(H,44,56)(H,45,47)(H,46,49)(H,52,53)(H,54,55)/t28-,29+,31+,39+/m1/s1. The molecule has 0 aromatic heterocycles. The average Bonchev–Trinajstić information content (AvgIpc) is 3.16. The van der Waals surface area contributed by atoms with Crippen molar-refractivity contribution in [3.63, 3.8) is 0 Å². The molecule has 304 valence electrons. The Bertz CT molecular complexity index is 1800. The largest absolute Gasteiger partial charge is 0.479 e. The van der Waals surface area contributed by atoms with E-state index >= 15 is 0 Å². The van der Waals surface area contributed by atoms with E-state index in [4.69, 9.17) is 23.2 Å². The Kier molecular flexibility index (Phi) is 16.8. The quantitative estimate of drug-likeness (QED) is 0.0998. The first-order valence-corrected chi connectivity index (χ1v) is 19.2. The maximum atomic E-state index is 14.3. The number of aliphatic carboxylic acids is 1. The predicted molar refractivity (Wildman–Crippen MR) is 207 cm³/mol. The van der Waals surface area contributed by atoms with E-state index in [1.807, 2.05) is 13.8 Å². The molecule has 7 N–H and O–H groups in total. The minimum atomic E-state index is -1.63. The number of aromatic carboxylic acids is 1. The van der Waals surface area contributed by atoms with Gasteiger partial charge < -0.3 is 36.8 Å². The topological polar surface area (TPSA) is 237 Å². The molecule has 1 fully saturated rings. The van der Waals surface area contributed by atoms with Crippen LogP contribution in [0.4, 0.5) is 0 Å². The van der Waals surface area contributed by atoms with Crippen LogP contribution < -0.4 is 26.6 Å². The van der Waals surface area contributed by atoms with Crippen molar-refractivity contribution in [1.29, 1.82) is 0 Å². The zero-order chi connectivity index (χ0) is 41.7. The molecule has 0 unspecified atom stereocenters. The molecule has 56 heavy (non-hydrogen) atoms. The number of halogens is 2. The van der Waals surface area contributed by atoms with E-state index in [1.54, 1.807) is 25.1 Å². The van der Waals surface area contributed by atoms with Gasteiger partial charge in [-0.2, -0.15) is 0 Å². The summed E-state index contributed by atoms with van der Waals surface area (Å²) in [6.45, 7) is 6.14. The summed E-state index contributed by atoms with van der Waals surface area (Å²) in [6, 6.07) is 6.09. The van der Waals surface area contributed by atoms with Gasteiger partial charge >= 0.3 is 11.9 Å². The van der Waals surface area contributed by atoms with Crippen LogP contribution in [0.5, 0.6) is 0 Å². The number of hydrogen-bond donors (Lipinski definition) is 7. The minimum Gasteiger partial charge on any atom is -0.479 e. The number of carboxylic acids is 2. The predicted octanol–water partition coefficient (Wildman–Crippen LogP) is 4.20. The monoisotopic (exact) mass is 817 g/mol. The fourth-order valence-electron chi connectivity index (χ4n) is 6.63. The lowest BCUT2D eigenvalue weighted by Crippen LogP contribution is -2.64. The molecule has 1 aliphatic carbocycles. The van der Waals surface area contributed by atoms with Crippen LogP contribution in [0.15, 0.2) is 42.5 Å². The highest BCUT2D eigenvalue weighted by molar-refractivity contribution is 6.42. The van der Waals surface area contributed by atoms with Crippen LogP contribution in [0.1, 0.15) is 111 Å². The highest BCUT2D eigenvalue weighted by atomic mass is 35.5. The molecule has 17 heteroatoms. The zero-order valence-electron chi connectivity index (χ0n) is 31.7. The maximum absolute atomic E-state index is 14.3. The van der Waals surface area contributed by atoms with Crippen molar-refractivity contribution in [2.45, 2.75) is 103 Å². The Morgan fingerprint density at radius 2 is 1.45 bits per heavy atom.